The number of fused-ring (bicyclic) bond motifs is 13. The molecule has 0 aliphatic carbocycles. The van der Waals surface area contributed by atoms with Gasteiger partial charge in [-0.3, -0.25) is 4.57 Å². The fourth-order valence-corrected chi connectivity index (χ4v) is 7.03. The lowest BCUT2D eigenvalue weighted by Gasteiger charge is -2.08. The van der Waals surface area contributed by atoms with Crippen LogP contribution < -0.4 is 0 Å². The first kappa shape index (κ1) is 20.5. The molecule has 4 aromatic heterocycles. The van der Waals surface area contributed by atoms with Crippen LogP contribution in [0.2, 0.25) is 0 Å². The van der Waals surface area contributed by atoms with Crippen LogP contribution in [0.3, 0.4) is 0 Å². The van der Waals surface area contributed by atoms with E-state index in [1.807, 2.05) is 18.3 Å². The highest BCUT2D eigenvalue weighted by atomic mass is 15.2. The van der Waals surface area contributed by atoms with Gasteiger partial charge in [-0.2, -0.15) is 0 Å². The molecule has 0 atom stereocenters. The third-order valence-corrected chi connectivity index (χ3v) is 8.66. The van der Waals surface area contributed by atoms with E-state index in [1.165, 1.54) is 59.6 Å². The topological polar surface area (TPSA) is 35.1 Å². The molecule has 0 bridgehead atoms. The summed E-state index contributed by atoms with van der Waals surface area (Å²) < 4.78 is 4.76. The van der Waals surface area contributed by atoms with Gasteiger partial charge in [0.25, 0.3) is 0 Å². The second kappa shape index (κ2) is 7.13. The van der Waals surface area contributed by atoms with E-state index in [1.54, 1.807) is 0 Å². The maximum absolute atomic E-state index is 5.08. The lowest BCUT2D eigenvalue weighted by Crippen LogP contribution is -2.01. The van der Waals surface area contributed by atoms with Gasteiger partial charge in [0.2, 0.25) is 5.95 Å². The molecule has 0 saturated heterocycles. The predicted octanol–water partition coefficient (Wildman–Crippen LogP) is 9.03. The predicted molar refractivity (Wildman–Crippen MR) is 166 cm³/mol. The molecule has 0 fully saturated rings. The Labute approximate surface area is 227 Å². The smallest absolute Gasteiger partial charge is 0.235 e. The van der Waals surface area contributed by atoms with Crippen LogP contribution in [0.1, 0.15) is 0 Å². The quantitative estimate of drug-likeness (QED) is 0.222. The van der Waals surface area contributed by atoms with E-state index >= 15 is 0 Å². The number of hydrogen-bond donors (Lipinski definition) is 0. The summed E-state index contributed by atoms with van der Waals surface area (Å²) >= 11 is 0. The molecule has 10 rings (SSSR count). The second-order valence-corrected chi connectivity index (χ2v) is 10.7. The Morgan fingerprint density at radius 3 is 2.02 bits per heavy atom. The van der Waals surface area contributed by atoms with E-state index < -0.39 is 0 Å². The first-order valence-electron chi connectivity index (χ1n) is 13.6. The number of aromatic nitrogens is 4. The summed E-state index contributed by atoms with van der Waals surface area (Å²) in [5.41, 5.74) is 6.95. The highest BCUT2D eigenvalue weighted by molar-refractivity contribution is 6.36. The first-order chi connectivity index (χ1) is 19.9. The number of benzene rings is 6. The van der Waals surface area contributed by atoms with E-state index in [4.69, 9.17) is 9.97 Å². The normalized spacial score (nSPS) is 12.5. The number of para-hydroxylation sites is 3. The van der Waals surface area contributed by atoms with Crippen molar-refractivity contribution in [3.63, 3.8) is 0 Å². The molecule has 40 heavy (non-hydrogen) atoms. The van der Waals surface area contributed by atoms with Crippen molar-refractivity contribution in [2.24, 2.45) is 0 Å². The molecule has 4 heteroatoms. The van der Waals surface area contributed by atoms with Crippen LogP contribution in [0.25, 0.3) is 87.5 Å². The van der Waals surface area contributed by atoms with Crippen LogP contribution in [0.5, 0.6) is 0 Å². The highest BCUT2D eigenvalue weighted by Crippen LogP contribution is 2.47. The molecule has 0 amide bonds. The Morgan fingerprint density at radius 1 is 0.475 bits per heavy atom. The standard InChI is InChI=1S/C36H20N4/c1-3-11-23-21(9-1)17-18-26-32-34-27(24-12-4-7-15-30(24)39(34)33(23)26)19-28-25-13-5-8-16-31(25)40(35(28)32)36-37-20-22-10-2-6-14-29(22)38-36/h1-20H. The molecule has 184 valence electrons. The van der Waals surface area contributed by atoms with Crippen molar-refractivity contribution in [2.45, 2.75) is 0 Å². The van der Waals surface area contributed by atoms with Gasteiger partial charge in [0.1, 0.15) is 0 Å². The minimum atomic E-state index is 0.692. The van der Waals surface area contributed by atoms with Gasteiger partial charge in [0.15, 0.2) is 0 Å². The zero-order valence-electron chi connectivity index (χ0n) is 21.3. The minimum Gasteiger partial charge on any atom is -0.307 e. The first-order valence-corrected chi connectivity index (χ1v) is 13.6. The summed E-state index contributed by atoms with van der Waals surface area (Å²) in [6.45, 7) is 0. The SMILES string of the molecule is c1ccc2nc(-n3c4ccccc4c4cc5c6ccccc6n6c7c8ccccc8ccc7c(c43)c56)ncc2c1. The van der Waals surface area contributed by atoms with Crippen molar-refractivity contribution in [2.75, 3.05) is 0 Å². The van der Waals surface area contributed by atoms with Crippen molar-refractivity contribution in [3.05, 3.63) is 121 Å². The van der Waals surface area contributed by atoms with Crippen LogP contribution in [-0.4, -0.2) is 18.9 Å². The summed E-state index contributed by atoms with van der Waals surface area (Å²) in [5.74, 6) is 0.692. The summed E-state index contributed by atoms with van der Waals surface area (Å²) in [7, 11) is 0. The van der Waals surface area contributed by atoms with E-state index in [2.05, 4.69) is 112 Å². The lowest BCUT2D eigenvalue weighted by molar-refractivity contribution is 1.01. The maximum atomic E-state index is 5.08. The zero-order chi connectivity index (χ0) is 25.9. The molecule has 0 aliphatic heterocycles. The van der Waals surface area contributed by atoms with E-state index in [0.717, 1.165) is 21.9 Å². The van der Waals surface area contributed by atoms with Gasteiger partial charge in [0.05, 0.1) is 33.1 Å². The Bertz CT molecular complexity index is 2660. The zero-order valence-corrected chi connectivity index (χ0v) is 21.3. The fourth-order valence-electron chi connectivity index (χ4n) is 7.03. The van der Waals surface area contributed by atoms with Crippen molar-refractivity contribution < 1.29 is 0 Å². The molecule has 0 radical (unpaired) electrons. The minimum absolute atomic E-state index is 0.692. The molecular weight excluding hydrogens is 488 g/mol. The maximum Gasteiger partial charge on any atom is 0.235 e. The Balaban J connectivity index is 1.54. The fraction of sp³-hybridized carbons (Fsp3) is 0. The summed E-state index contributed by atoms with van der Waals surface area (Å²) in [6, 6.07) is 41.3. The third-order valence-electron chi connectivity index (χ3n) is 8.66. The van der Waals surface area contributed by atoms with Gasteiger partial charge < -0.3 is 4.40 Å². The molecule has 0 unspecified atom stereocenters. The van der Waals surface area contributed by atoms with E-state index in [0.29, 0.717) is 5.95 Å². The molecule has 4 nitrogen and oxygen atoms in total. The monoisotopic (exact) mass is 508 g/mol. The molecule has 6 aromatic carbocycles. The Kier molecular flexibility index (Phi) is 3.65. The molecule has 0 N–H and O–H groups in total. The molecule has 0 aliphatic rings. The molecule has 0 saturated carbocycles. The van der Waals surface area contributed by atoms with Crippen molar-refractivity contribution in [3.8, 4) is 5.95 Å². The summed E-state index contributed by atoms with van der Waals surface area (Å²) in [4.78, 5) is 10.00. The van der Waals surface area contributed by atoms with Crippen LogP contribution >= 0.6 is 0 Å². The largest absolute Gasteiger partial charge is 0.307 e. The van der Waals surface area contributed by atoms with Crippen molar-refractivity contribution >= 4 is 81.6 Å². The number of nitrogens with zero attached hydrogens (tertiary/aromatic N) is 4. The Morgan fingerprint density at radius 2 is 1.15 bits per heavy atom. The van der Waals surface area contributed by atoms with Crippen LogP contribution in [0.4, 0.5) is 0 Å². The van der Waals surface area contributed by atoms with Gasteiger partial charge in [0, 0.05) is 49.3 Å². The van der Waals surface area contributed by atoms with Gasteiger partial charge >= 0.3 is 0 Å². The average Bonchev–Trinajstić information content (AvgIpc) is 3.65. The second-order valence-electron chi connectivity index (χ2n) is 10.7. The summed E-state index contributed by atoms with van der Waals surface area (Å²) in [6.07, 6.45) is 1.94. The van der Waals surface area contributed by atoms with Gasteiger partial charge in [-0.15, -0.1) is 0 Å². The van der Waals surface area contributed by atoms with E-state index in [-0.39, 0.29) is 0 Å². The lowest BCUT2D eigenvalue weighted by atomic mass is 10.0. The van der Waals surface area contributed by atoms with Gasteiger partial charge in [-0.25, -0.2) is 9.97 Å². The molecular formula is C36H20N4. The molecule has 10 aromatic rings. The number of hydrogen-bond acceptors (Lipinski definition) is 2. The van der Waals surface area contributed by atoms with Crippen LogP contribution in [0.15, 0.2) is 121 Å². The number of rotatable bonds is 1. The van der Waals surface area contributed by atoms with Gasteiger partial charge in [-0.1, -0.05) is 91.0 Å². The average molecular weight is 509 g/mol. The summed E-state index contributed by atoms with van der Waals surface area (Å²) in [5, 5.41) is 11.0. The third kappa shape index (κ3) is 2.38. The van der Waals surface area contributed by atoms with Crippen molar-refractivity contribution in [1.29, 1.82) is 0 Å². The molecule has 4 heterocycles. The van der Waals surface area contributed by atoms with Crippen LogP contribution in [-0.2, 0) is 0 Å². The Hall–Kier alpha value is -5.48. The van der Waals surface area contributed by atoms with Gasteiger partial charge in [-0.05, 0) is 29.7 Å². The highest BCUT2D eigenvalue weighted by Gasteiger charge is 2.25. The van der Waals surface area contributed by atoms with Crippen LogP contribution in [0, 0.1) is 0 Å². The molecule has 0 spiro atoms. The van der Waals surface area contributed by atoms with Crippen molar-refractivity contribution in [1.82, 2.24) is 18.9 Å². The van der Waals surface area contributed by atoms with E-state index in [9.17, 15) is 0 Å².